The SMILES string of the molecule is Cc1nn(-c2ccc(Br)c3c2OC(C)(C)C=C3)c(=O)[nH]1. The topological polar surface area (TPSA) is 59.9 Å². The van der Waals surface area contributed by atoms with Crippen LogP contribution in [-0.4, -0.2) is 20.4 Å². The van der Waals surface area contributed by atoms with E-state index in [1.807, 2.05) is 38.1 Å². The van der Waals surface area contributed by atoms with E-state index in [4.69, 9.17) is 4.74 Å². The van der Waals surface area contributed by atoms with E-state index in [0.717, 1.165) is 10.0 Å². The summed E-state index contributed by atoms with van der Waals surface area (Å²) in [6.07, 6.45) is 3.99. The molecule has 104 valence electrons. The predicted octanol–water partition coefficient (Wildman–Crippen LogP) is 2.82. The average Bonchev–Trinajstić information content (AvgIpc) is 2.67. The highest BCUT2D eigenvalue weighted by Gasteiger charge is 2.26. The van der Waals surface area contributed by atoms with Crippen molar-refractivity contribution >= 4 is 22.0 Å². The first-order valence-corrected chi connectivity index (χ1v) is 7.04. The monoisotopic (exact) mass is 335 g/mol. The van der Waals surface area contributed by atoms with Crippen molar-refractivity contribution in [1.29, 1.82) is 0 Å². The summed E-state index contributed by atoms with van der Waals surface area (Å²) in [6, 6.07) is 3.70. The average molecular weight is 336 g/mol. The first-order valence-electron chi connectivity index (χ1n) is 6.24. The smallest absolute Gasteiger partial charge is 0.348 e. The van der Waals surface area contributed by atoms with Gasteiger partial charge in [0.25, 0.3) is 0 Å². The van der Waals surface area contributed by atoms with E-state index in [1.165, 1.54) is 4.68 Å². The van der Waals surface area contributed by atoms with Gasteiger partial charge in [0.2, 0.25) is 0 Å². The Labute approximate surface area is 124 Å². The van der Waals surface area contributed by atoms with Crippen molar-refractivity contribution in [2.75, 3.05) is 0 Å². The molecule has 1 aliphatic heterocycles. The number of benzene rings is 1. The summed E-state index contributed by atoms with van der Waals surface area (Å²) in [6.45, 7) is 5.68. The van der Waals surface area contributed by atoms with Crippen LogP contribution < -0.4 is 10.4 Å². The highest BCUT2D eigenvalue weighted by Crippen LogP contribution is 2.39. The van der Waals surface area contributed by atoms with E-state index >= 15 is 0 Å². The normalized spacial score (nSPS) is 15.8. The zero-order chi connectivity index (χ0) is 14.5. The summed E-state index contributed by atoms with van der Waals surface area (Å²) < 4.78 is 8.27. The Bertz CT molecular complexity index is 771. The third kappa shape index (κ3) is 2.10. The molecule has 20 heavy (non-hydrogen) atoms. The van der Waals surface area contributed by atoms with Gasteiger partial charge in [0.15, 0.2) is 5.75 Å². The van der Waals surface area contributed by atoms with Crippen LogP contribution in [0.1, 0.15) is 25.2 Å². The molecule has 0 saturated heterocycles. The zero-order valence-electron chi connectivity index (χ0n) is 11.4. The molecule has 0 atom stereocenters. The van der Waals surface area contributed by atoms with E-state index in [1.54, 1.807) is 6.92 Å². The van der Waals surface area contributed by atoms with Gasteiger partial charge in [0, 0.05) is 10.0 Å². The number of fused-ring (bicyclic) bond motifs is 1. The van der Waals surface area contributed by atoms with Gasteiger partial charge in [-0.15, -0.1) is 0 Å². The second-order valence-corrected chi connectivity index (χ2v) is 6.13. The molecule has 2 heterocycles. The minimum Gasteiger partial charge on any atom is -0.481 e. The molecule has 1 N–H and O–H groups in total. The standard InChI is InChI=1S/C14H14BrN3O2/c1-8-16-13(19)18(17-8)11-5-4-10(15)9-6-7-14(2,3)20-12(9)11/h4-7H,1-3H3,(H,16,17,19). The molecule has 0 spiro atoms. The molecule has 0 bridgehead atoms. The Morgan fingerprint density at radius 1 is 1.40 bits per heavy atom. The fourth-order valence-electron chi connectivity index (χ4n) is 2.17. The molecule has 0 unspecified atom stereocenters. The zero-order valence-corrected chi connectivity index (χ0v) is 13.0. The summed E-state index contributed by atoms with van der Waals surface area (Å²) in [5, 5.41) is 4.20. The van der Waals surface area contributed by atoms with Gasteiger partial charge in [-0.1, -0.05) is 22.0 Å². The summed E-state index contributed by atoms with van der Waals surface area (Å²) >= 11 is 3.50. The molecule has 2 aromatic rings. The van der Waals surface area contributed by atoms with E-state index in [-0.39, 0.29) is 5.69 Å². The Morgan fingerprint density at radius 2 is 2.15 bits per heavy atom. The van der Waals surface area contributed by atoms with E-state index < -0.39 is 5.60 Å². The minimum absolute atomic E-state index is 0.275. The van der Waals surface area contributed by atoms with Crippen LogP contribution >= 0.6 is 15.9 Å². The van der Waals surface area contributed by atoms with Gasteiger partial charge in [-0.2, -0.15) is 9.78 Å². The Morgan fingerprint density at radius 3 is 2.80 bits per heavy atom. The maximum Gasteiger partial charge on any atom is 0.348 e. The van der Waals surface area contributed by atoms with Gasteiger partial charge in [0.05, 0.1) is 0 Å². The molecular weight excluding hydrogens is 322 g/mol. The predicted molar refractivity (Wildman–Crippen MR) is 80.4 cm³/mol. The maximum absolute atomic E-state index is 11.9. The fourth-order valence-corrected chi connectivity index (χ4v) is 2.61. The number of hydrogen-bond acceptors (Lipinski definition) is 3. The van der Waals surface area contributed by atoms with Crippen molar-refractivity contribution in [2.24, 2.45) is 0 Å². The molecule has 0 fully saturated rings. The van der Waals surface area contributed by atoms with Gasteiger partial charge in [-0.05, 0) is 39.0 Å². The lowest BCUT2D eigenvalue weighted by atomic mass is 10.0. The Kier molecular flexibility index (Phi) is 2.86. The molecule has 0 amide bonds. The fraction of sp³-hybridized carbons (Fsp3) is 0.286. The highest BCUT2D eigenvalue weighted by molar-refractivity contribution is 9.10. The molecule has 3 rings (SSSR count). The number of H-pyrrole nitrogens is 1. The first-order chi connectivity index (χ1) is 9.37. The maximum atomic E-state index is 11.9. The molecule has 0 saturated carbocycles. The molecule has 0 radical (unpaired) electrons. The van der Waals surface area contributed by atoms with Gasteiger partial charge in [0.1, 0.15) is 17.1 Å². The van der Waals surface area contributed by atoms with Crippen molar-refractivity contribution < 1.29 is 4.74 Å². The van der Waals surface area contributed by atoms with Gasteiger partial charge in [-0.25, -0.2) is 4.79 Å². The lowest BCUT2D eigenvalue weighted by Crippen LogP contribution is -2.29. The Hall–Kier alpha value is -1.82. The number of aryl methyl sites for hydroxylation is 1. The number of rotatable bonds is 1. The van der Waals surface area contributed by atoms with E-state index in [0.29, 0.717) is 17.3 Å². The van der Waals surface area contributed by atoms with Crippen molar-refractivity contribution in [1.82, 2.24) is 14.8 Å². The molecule has 1 aromatic heterocycles. The molecule has 1 aromatic carbocycles. The van der Waals surface area contributed by atoms with E-state index in [9.17, 15) is 4.79 Å². The number of ether oxygens (including phenoxy) is 1. The van der Waals surface area contributed by atoms with Crippen molar-refractivity contribution in [3.63, 3.8) is 0 Å². The van der Waals surface area contributed by atoms with Gasteiger partial charge in [-0.3, -0.25) is 4.98 Å². The second-order valence-electron chi connectivity index (χ2n) is 5.28. The molecule has 1 aliphatic rings. The van der Waals surface area contributed by atoms with Crippen LogP contribution in [0.5, 0.6) is 5.75 Å². The molecular formula is C14H14BrN3O2. The van der Waals surface area contributed by atoms with Crippen LogP contribution in [0.3, 0.4) is 0 Å². The first kappa shape index (κ1) is 13.2. The number of aromatic amines is 1. The molecule has 5 nitrogen and oxygen atoms in total. The largest absolute Gasteiger partial charge is 0.481 e. The third-order valence-electron chi connectivity index (χ3n) is 3.10. The van der Waals surface area contributed by atoms with Crippen LogP contribution in [0.2, 0.25) is 0 Å². The van der Waals surface area contributed by atoms with E-state index in [2.05, 4.69) is 26.0 Å². The summed E-state index contributed by atoms with van der Waals surface area (Å²) in [7, 11) is 0. The number of nitrogens with one attached hydrogen (secondary N) is 1. The quantitative estimate of drug-likeness (QED) is 0.871. The van der Waals surface area contributed by atoms with Crippen molar-refractivity contribution in [2.45, 2.75) is 26.4 Å². The van der Waals surface area contributed by atoms with Gasteiger partial charge < -0.3 is 4.74 Å². The number of halogens is 1. The highest BCUT2D eigenvalue weighted by atomic mass is 79.9. The summed E-state index contributed by atoms with van der Waals surface area (Å²) in [5.41, 5.74) is 0.852. The summed E-state index contributed by atoms with van der Waals surface area (Å²) in [5.74, 6) is 1.22. The van der Waals surface area contributed by atoms with Crippen LogP contribution in [0.4, 0.5) is 0 Å². The molecule has 6 heteroatoms. The Balaban J connectivity index is 2.27. The molecule has 0 aliphatic carbocycles. The second kappa shape index (κ2) is 4.34. The lowest BCUT2D eigenvalue weighted by molar-refractivity contribution is 0.158. The minimum atomic E-state index is -0.419. The number of aromatic nitrogens is 3. The number of nitrogens with zero attached hydrogens (tertiary/aromatic N) is 2. The van der Waals surface area contributed by atoms with Crippen LogP contribution in [0.15, 0.2) is 27.5 Å². The third-order valence-corrected chi connectivity index (χ3v) is 3.79. The lowest BCUT2D eigenvalue weighted by Gasteiger charge is -2.29. The van der Waals surface area contributed by atoms with Crippen LogP contribution in [0.25, 0.3) is 11.8 Å². The van der Waals surface area contributed by atoms with Crippen LogP contribution in [0, 0.1) is 6.92 Å². The summed E-state index contributed by atoms with van der Waals surface area (Å²) in [4.78, 5) is 14.6. The van der Waals surface area contributed by atoms with Gasteiger partial charge >= 0.3 is 5.69 Å². The number of hydrogen-bond donors (Lipinski definition) is 1. The van der Waals surface area contributed by atoms with Crippen molar-refractivity contribution in [3.8, 4) is 11.4 Å². The van der Waals surface area contributed by atoms with Crippen LogP contribution in [-0.2, 0) is 0 Å². The van der Waals surface area contributed by atoms with Crippen molar-refractivity contribution in [3.05, 3.63) is 44.6 Å².